The number of hydrogen-bond acceptors (Lipinski definition) is 3. The molecule has 0 radical (unpaired) electrons. The standard InChI is InChI=1S/C15H12F6N2O/c16-13(14(17,18)15(19,20)21,24-9-5-2-1-3-6-9)10-7-4-8-11(22)12(10)23/h1-8H,22-23H2. The summed E-state index contributed by atoms with van der Waals surface area (Å²) in [7, 11) is 0. The molecular weight excluding hydrogens is 338 g/mol. The number of nitrogens with two attached hydrogens (primary N) is 2. The van der Waals surface area contributed by atoms with Crippen LogP contribution in [0, 0.1) is 0 Å². The van der Waals surface area contributed by atoms with E-state index in [4.69, 9.17) is 11.5 Å². The van der Waals surface area contributed by atoms with Crippen molar-refractivity contribution in [1.82, 2.24) is 0 Å². The number of alkyl halides is 6. The lowest BCUT2D eigenvalue weighted by molar-refractivity contribution is -0.371. The van der Waals surface area contributed by atoms with Gasteiger partial charge in [-0.25, -0.2) is 0 Å². The van der Waals surface area contributed by atoms with E-state index in [0.29, 0.717) is 6.07 Å². The van der Waals surface area contributed by atoms with E-state index >= 15 is 4.39 Å². The van der Waals surface area contributed by atoms with Gasteiger partial charge in [-0.1, -0.05) is 24.3 Å². The molecule has 3 nitrogen and oxygen atoms in total. The molecule has 0 aliphatic carbocycles. The van der Waals surface area contributed by atoms with Crippen molar-refractivity contribution in [3.05, 3.63) is 54.1 Å². The Morgan fingerprint density at radius 1 is 0.750 bits per heavy atom. The highest BCUT2D eigenvalue weighted by atomic mass is 19.4. The summed E-state index contributed by atoms with van der Waals surface area (Å²) in [6.07, 6.45) is -6.23. The van der Waals surface area contributed by atoms with Crippen LogP contribution in [-0.4, -0.2) is 12.1 Å². The third kappa shape index (κ3) is 2.81. The summed E-state index contributed by atoms with van der Waals surface area (Å²) >= 11 is 0. The molecule has 1 atom stereocenters. The Kier molecular flexibility index (Phi) is 4.30. The van der Waals surface area contributed by atoms with Gasteiger partial charge in [-0.15, -0.1) is 0 Å². The largest absolute Gasteiger partial charge is 0.461 e. The predicted molar refractivity (Wildman–Crippen MR) is 76.1 cm³/mol. The van der Waals surface area contributed by atoms with Crippen molar-refractivity contribution < 1.29 is 31.1 Å². The van der Waals surface area contributed by atoms with Gasteiger partial charge in [-0.3, -0.25) is 0 Å². The molecule has 0 aromatic heterocycles. The average Bonchev–Trinajstić information content (AvgIpc) is 2.49. The van der Waals surface area contributed by atoms with Gasteiger partial charge in [0, 0.05) is 0 Å². The first kappa shape index (κ1) is 17.8. The van der Waals surface area contributed by atoms with Crippen LogP contribution in [0.1, 0.15) is 5.56 Å². The van der Waals surface area contributed by atoms with Gasteiger partial charge in [0.1, 0.15) is 5.75 Å². The van der Waals surface area contributed by atoms with Gasteiger partial charge in [0.2, 0.25) is 0 Å². The molecule has 2 aromatic carbocycles. The van der Waals surface area contributed by atoms with E-state index in [1.807, 2.05) is 0 Å². The topological polar surface area (TPSA) is 61.3 Å². The fourth-order valence-corrected chi connectivity index (χ4v) is 1.98. The number of halogens is 6. The minimum absolute atomic E-state index is 0.357. The highest BCUT2D eigenvalue weighted by molar-refractivity contribution is 5.68. The van der Waals surface area contributed by atoms with Crippen LogP contribution in [0.2, 0.25) is 0 Å². The SMILES string of the molecule is Nc1cccc(C(F)(Oc2ccccc2)C(F)(F)C(F)(F)F)c1N. The van der Waals surface area contributed by atoms with Gasteiger partial charge in [0.25, 0.3) is 0 Å². The molecule has 0 aliphatic rings. The van der Waals surface area contributed by atoms with Gasteiger partial charge in [-0.05, 0) is 24.3 Å². The van der Waals surface area contributed by atoms with Crippen molar-refractivity contribution in [1.29, 1.82) is 0 Å². The summed E-state index contributed by atoms with van der Waals surface area (Å²) in [6.45, 7) is 0. The molecule has 2 rings (SSSR count). The minimum atomic E-state index is -6.23. The highest BCUT2D eigenvalue weighted by Gasteiger charge is 2.75. The molecule has 0 aliphatic heterocycles. The number of rotatable bonds is 4. The third-order valence-corrected chi connectivity index (χ3v) is 3.25. The molecule has 24 heavy (non-hydrogen) atoms. The molecule has 0 saturated heterocycles. The number of anilines is 2. The van der Waals surface area contributed by atoms with Gasteiger partial charge in [0.05, 0.1) is 16.9 Å². The Bertz CT molecular complexity index is 720. The lowest BCUT2D eigenvalue weighted by Crippen LogP contribution is -2.55. The lowest BCUT2D eigenvalue weighted by atomic mass is 9.97. The molecule has 130 valence electrons. The number of hydrogen-bond donors (Lipinski definition) is 2. The molecule has 1 unspecified atom stereocenters. The molecule has 0 heterocycles. The fraction of sp³-hybridized carbons (Fsp3) is 0.200. The van der Waals surface area contributed by atoms with E-state index < -0.39 is 35.0 Å². The zero-order valence-corrected chi connectivity index (χ0v) is 11.9. The van der Waals surface area contributed by atoms with Crippen LogP contribution >= 0.6 is 0 Å². The summed E-state index contributed by atoms with van der Waals surface area (Å²) < 4.78 is 85.8. The van der Waals surface area contributed by atoms with E-state index in [2.05, 4.69) is 4.74 Å². The van der Waals surface area contributed by atoms with Crippen LogP contribution in [0.3, 0.4) is 0 Å². The smallest absolute Gasteiger partial charge is 0.448 e. The molecule has 0 fully saturated rings. The van der Waals surface area contributed by atoms with Crippen LogP contribution in [0.25, 0.3) is 0 Å². The van der Waals surface area contributed by atoms with Crippen LogP contribution < -0.4 is 16.2 Å². The second-order valence-corrected chi connectivity index (χ2v) is 4.89. The summed E-state index contributed by atoms with van der Waals surface area (Å²) in [5.74, 6) is -11.0. The molecule has 0 amide bonds. The fourth-order valence-electron chi connectivity index (χ4n) is 1.98. The summed E-state index contributed by atoms with van der Waals surface area (Å²) in [5.41, 5.74) is 8.47. The van der Waals surface area contributed by atoms with Gasteiger partial charge >= 0.3 is 18.0 Å². The van der Waals surface area contributed by atoms with E-state index in [1.165, 1.54) is 18.2 Å². The first-order chi connectivity index (χ1) is 11.0. The van der Waals surface area contributed by atoms with Crippen molar-refractivity contribution in [2.45, 2.75) is 18.0 Å². The lowest BCUT2D eigenvalue weighted by Gasteiger charge is -2.35. The Morgan fingerprint density at radius 2 is 1.33 bits per heavy atom. The molecular formula is C15H12F6N2O. The second kappa shape index (κ2) is 5.81. The monoisotopic (exact) mass is 350 g/mol. The molecule has 0 saturated carbocycles. The average molecular weight is 350 g/mol. The van der Waals surface area contributed by atoms with Crippen LogP contribution in [0.5, 0.6) is 5.75 Å². The van der Waals surface area contributed by atoms with Gasteiger partial charge < -0.3 is 16.2 Å². The Morgan fingerprint density at radius 3 is 1.88 bits per heavy atom. The summed E-state index contributed by atoms with van der Waals surface area (Å²) in [6, 6.07) is 8.86. The molecule has 4 N–H and O–H groups in total. The normalized spacial score (nSPS) is 14.9. The van der Waals surface area contributed by atoms with Crippen LogP contribution in [-0.2, 0) is 5.85 Å². The number of nitrogen functional groups attached to an aromatic ring is 2. The predicted octanol–water partition coefficient (Wildman–Crippen LogP) is 4.25. The number of para-hydroxylation sites is 2. The maximum Gasteiger partial charge on any atom is 0.461 e. The Hall–Kier alpha value is -2.58. The molecule has 2 aromatic rings. The van der Waals surface area contributed by atoms with Crippen molar-refractivity contribution in [3.63, 3.8) is 0 Å². The van der Waals surface area contributed by atoms with E-state index in [9.17, 15) is 22.0 Å². The zero-order chi connectivity index (χ0) is 18.2. The van der Waals surface area contributed by atoms with Crippen molar-refractivity contribution in [2.24, 2.45) is 0 Å². The van der Waals surface area contributed by atoms with E-state index in [-0.39, 0.29) is 5.69 Å². The molecule has 0 spiro atoms. The summed E-state index contributed by atoms with van der Waals surface area (Å²) in [5, 5.41) is 0. The van der Waals surface area contributed by atoms with Gasteiger partial charge in [-0.2, -0.15) is 26.3 Å². The minimum Gasteiger partial charge on any atom is -0.448 e. The zero-order valence-electron chi connectivity index (χ0n) is 11.9. The maximum absolute atomic E-state index is 15.1. The molecule has 9 heteroatoms. The van der Waals surface area contributed by atoms with Crippen molar-refractivity contribution in [3.8, 4) is 5.75 Å². The van der Waals surface area contributed by atoms with E-state index in [0.717, 1.165) is 24.3 Å². The second-order valence-electron chi connectivity index (χ2n) is 4.89. The van der Waals surface area contributed by atoms with Crippen LogP contribution in [0.4, 0.5) is 37.7 Å². The highest BCUT2D eigenvalue weighted by Crippen LogP contribution is 2.53. The van der Waals surface area contributed by atoms with E-state index in [1.54, 1.807) is 0 Å². The molecule has 0 bridgehead atoms. The van der Waals surface area contributed by atoms with Crippen molar-refractivity contribution in [2.75, 3.05) is 11.5 Å². The van der Waals surface area contributed by atoms with Crippen molar-refractivity contribution >= 4 is 11.4 Å². The number of benzene rings is 2. The Balaban J connectivity index is 2.68. The van der Waals surface area contributed by atoms with Gasteiger partial charge in [0.15, 0.2) is 0 Å². The van der Waals surface area contributed by atoms with Crippen LogP contribution in [0.15, 0.2) is 48.5 Å². The quantitative estimate of drug-likeness (QED) is 0.640. The first-order valence-electron chi connectivity index (χ1n) is 6.52. The maximum atomic E-state index is 15.1. The summed E-state index contributed by atoms with van der Waals surface area (Å²) in [4.78, 5) is 0. The third-order valence-electron chi connectivity index (χ3n) is 3.25. The number of ether oxygens (including phenoxy) is 1. The first-order valence-corrected chi connectivity index (χ1v) is 6.52. The Labute approximate surface area is 132 Å².